The second-order valence-corrected chi connectivity index (χ2v) is 3.91. The van der Waals surface area contributed by atoms with Gasteiger partial charge in [0.15, 0.2) is 0 Å². The van der Waals surface area contributed by atoms with Crippen LogP contribution in [0.15, 0.2) is 60.7 Å². The Labute approximate surface area is 118 Å². The van der Waals surface area contributed by atoms with Gasteiger partial charge in [0, 0.05) is 30.4 Å². The zero-order chi connectivity index (χ0) is 11.7. The first kappa shape index (κ1) is 12.7. The summed E-state index contributed by atoms with van der Waals surface area (Å²) in [4.78, 5) is 4.55. The van der Waals surface area contributed by atoms with Gasteiger partial charge in [-0.2, -0.15) is 0 Å². The molecule has 0 amide bonds. The molecule has 0 bridgehead atoms. The number of rotatable bonds is 1. The van der Waals surface area contributed by atoms with E-state index in [0.717, 1.165) is 22.2 Å². The summed E-state index contributed by atoms with van der Waals surface area (Å²) in [5.74, 6) is 0.260. The maximum absolute atomic E-state index is 9.80. The van der Waals surface area contributed by atoms with E-state index in [-0.39, 0.29) is 25.2 Å². The van der Waals surface area contributed by atoms with E-state index in [0.29, 0.717) is 0 Å². The predicted octanol–water partition coefficient (Wildman–Crippen LogP) is 3.60. The van der Waals surface area contributed by atoms with Crippen molar-refractivity contribution >= 4 is 10.9 Å². The third kappa shape index (κ3) is 2.27. The quantitative estimate of drug-likeness (QED) is 0.693. The molecule has 0 unspecified atom stereocenters. The molecule has 0 saturated heterocycles. The molecule has 3 aromatic rings. The number of pyridine rings is 1. The van der Waals surface area contributed by atoms with Crippen LogP contribution in [-0.2, 0) is 19.5 Å². The Morgan fingerprint density at radius 1 is 0.778 bits per heavy atom. The molecule has 0 fully saturated rings. The van der Waals surface area contributed by atoms with Gasteiger partial charge in [0.25, 0.3) is 0 Å². The Morgan fingerprint density at radius 2 is 1.50 bits per heavy atom. The second kappa shape index (κ2) is 5.28. The monoisotopic (exact) mass is 285 g/mol. The van der Waals surface area contributed by atoms with E-state index >= 15 is 0 Å². The summed E-state index contributed by atoms with van der Waals surface area (Å²) in [7, 11) is 0. The first-order chi connectivity index (χ1) is 8.34. The fraction of sp³-hybridized carbons (Fsp3) is 0. The van der Waals surface area contributed by atoms with Crippen molar-refractivity contribution in [3.05, 3.63) is 60.7 Å². The van der Waals surface area contributed by atoms with Crippen LogP contribution in [0, 0.1) is 0 Å². The molecule has 2 aromatic carbocycles. The van der Waals surface area contributed by atoms with E-state index in [9.17, 15) is 5.11 Å². The standard InChI is InChI=1S/C15H11NO.Zn/c17-15-8-4-2-6-12(15)14-10-9-11-5-1-3-7-13(11)16-14;/h1-10,17H;. The van der Waals surface area contributed by atoms with E-state index in [2.05, 4.69) is 4.98 Å². The summed E-state index contributed by atoms with van der Waals surface area (Å²) in [5.41, 5.74) is 2.49. The Morgan fingerprint density at radius 3 is 2.33 bits per heavy atom. The molecular formula is C15H11NOZn. The first-order valence-corrected chi connectivity index (χ1v) is 5.49. The molecular weight excluding hydrogens is 276 g/mol. The molecule has 0 saturated carbocycles. The summed E-state index contributed by atoms with van der Waals surface area (Å²) in [5, 5.41) is 10.9. The van der Waals surface area contributed by atoms with Crippen molar-refractivity contribution in [1.82, 2.24) is 4.98 Å². The van der Waals surface area contributed by atoms with Crippen LogP contribution >= 0.6 is 0 Å². The normalized spacial score (nSPS) is 10.0. The average molecular weight is 287 g/mol. The summed E-state index contributed by atoms with van der Waals surface area (Å²) in [6.45, 7) is 0. The molecule has 84 valence electrons. The van der Waals surface area contributed by atoms with Gasteiger partial charge in [-0.15, -0.1) is 0 Å². The van der Waals surface area contributed by atoms with Gasteiger partial charge in [-0.1, -0.05) is 36.4 Å². The van der Waals surface area contributed by atoms with Crippen LogP contribution in [-0.4, -0.2) is 10.1 Å². The predicted molar refractivity (Wildman–Crippen MR) is 68.8 cm³/mol. The fourth-order valence-corrected chi connectivity index (χ4v) is 1.91. The maximum atomic E-state index is 9.80. The number of hydrogen-bond acceptors (Lipinski definition) is 2. The minimum Gasteiger partial charge on any atom is -0.507 e. The molecule has 1 heterocycles. The van der Waals surface area contributed by atoms with Crippen LogP contribution in [0.2, 0.25) is 0 Å². The number of benzene rings is 2. The number of phenols is 1. The zero-order valence-corrected chi connectivity index (χ0v) is 12.8. The van der Waals surface area contributed by atoms with Gasteiger partial charge in [0.2, 0.25) is 0 Å². The minimum atomic E-state index is 0. The molecule has 18 heavy (non-hydrogen) atoms. The van der Waals surface area contributed by atoms with Gasteiger partial charge in [-0.25, -0.2) is 4.98 Å². The number of para-hydroxylation sites is 2. The Bertz CT molecular complexity index is 682. The molecule has 1 N–H and O–H groups in total. The molecule has 0 aliphatic heterocycles. The minimum absolute atomic E-state index is 0. The molecule has 3 rings (SSSR count). The summed E-state index contributed by atoms with van der Waals surface area (Å²) in [6.07, 6.45) is 0. The molecule has 0 atom stereocenters. The number of aromatic nitrogens is 1. The van der Waals surface area contributed by atoms with Crippen LogP contribution in [0.5, 0.6) is 5.75 Å². The molecule has 0 radical (unpaired) electrons. The third-order valence-corrected chi connectivity index (χ3v) is 2.78. The van der Waals surface area contributed by atoms with E-state index in [1.54, 1.807) is 12.1 Å². The molecule has 0 aliphatic rings. The summed E-state index contributed by atoms with van der Waals surface area (Å²) >= 11 is 0. The Balaban J connectivity index is 0.00000120. The van der Waals surface area contributed by atoms with Crippen molar-refractivity contribution < 1.29 is 24.6 Å². The molecule has 2 nitrogen and oxygen atoms in total. The van der Waals surface area contributed by atoms with Gasteiger partial charge < -0.3 is 5.11 Å². The molecule has 1 aromatic heterocycles. The van der Waals surface area contributed by atoms with Crippen LogP contribution in [0.4, 0.5) is 0 Å². The van der Waals surface area contributed by atoms with Crippen LogP contribution in [0.1, 0.15) is 0 Å². The summed E-state index contributed by atoms with van der Waals surface area (Å²) in [6, 6.07) is 19.1. The largest absolute Gasteiger partial charge is 0.507 e. The molecule has 0 aliphatic carbocycles. The maximum Gasteiger partial charge on any atom is 0.124 e. The smallest absolute Gasteiger partial charge is 0.124 e. The van der Waals surface area contributed by atoms with Gasteiger partial charge in [-0.05, 0) is 24.3 Å². The summed E-state index contributed by atoms with van der Waals surface area (Å²) < 4.78 is 0. The topological polar surface area (TPSA) is 33.1 Å². The van der Waals surface area contributed by atoms with Crippen molar-refractivity contribution in [2.75, 3.05) is 0 Å². The number of aromatic hydroxyl groups is 1. The van der Waals surface area contributed by atoms with Gasteiger partial charge in [0.05, 0.1) is 11.2 Å². The van der Waals surface area contributed by atoms with Crippen molar-refractivity contribution in [1.29, 1.82) is 0 Å². The van der Waals surface area contributed by atoms with Crippen LogP contribution in [0.25, 0.3) is 22.2 Å². The van der Waals surface area contributed by atoms with Crippen LogP contribution < -0.4 is 0 Å². The average Bonchev–Trinajstić information content (AvgIpc) is 2.39. The van der Waals surface area contributed by atoms with E-state index < -0.39 is 0 Å². The number of phenolic OH excluding ortho intramolecular Hbond substituents is 1. The first-order valence-electron chi connectivity index (χ1n) is 5.49. The third-order valence-electron chi connectivity index (χ3n) is 2.78. The Kier molecular flexibility index (Phi) is 3.73. The number of fused-ring (bicyclic) bond motifs is 1. The number of nitrogens with zero attached hydrogens (tertiary/aromatic N) is 1. The fourth-order valence-electron chi connectivity index (χ4n) is 1.91. The molecule has 3 heteroatoms. The van der Waals surface area contributed by atoms with E-state index in [1.807, 2.05) is 48.5 Å². The zero-order valence-electron chi connectivity index (χ0n) is 9.88. The van der Waals surface area contributed by atoms with Crippen molar-refractivity contribution in [3.8, 4) is 17.0 Å². The van der Waals surface area contributed by atoms with Crippen LogP contribution in [0.3, 0.4) is 0 Å². The van der Waals surface area contributed by atoms with E-state index in [1.165, 1.54) is 0 Å². The van der Waals surface area contributed by atoms with Crippen molar-refractivity contribution in [3.63, 3.8) is 0 Å². The van der Waals surface area contributed by atoms with Crippen molar-refractivity contribution in [2.24, 2.45) is 0 Å². The number of hydrogen-bond donors (Lipinski definition) is 1. The van der Waals surface area contributed by atoms with Crippen molar-refractivity contribution in [2.45, 2.75) is 0 Å². The van der Waals surface area contributed by atoms with Gasteiger partial charge in [-0.3, -0.25) is 0 Å². The SMILES string of the molecule is Oc1ccccc1-c1ccc2ccccc2n1.[Zn]. The van der Waals surface area contributed by atoms with Gasteiger partial charge >= 0.3 is 0 Å². The Hall–Kier alpha value is -1.73. The second-order valence-electron chi connectivity index (χ2n) is 3.91. The molecule has 0 spiro atoms. The van der Waals surface area contributed by atoms with E-state index in [4.69, 9.17) is 0 Å². The van der Waals surface area contributed by atoms with Gasteiger partial charge in [0.1, 0.15) is 5.75 Å².